The van der Waals surface area contributed by atoms with Gasteiger partial charge in [0.1, 0.15) is 0 Å². The summed E-state index contributed by atoms with van der Waals surface area (Å²) in [5, 5.41) is 5.02. The Labute approximate surface area is 401 Å². The molecule has 0 N–H and O–H groups in total. The first-order chi connectivity index (χ1) is 34.2. The van der Waals surface area contributed by atoms with Gasteiger partial charge in [0, 0.05) is 49.7 Å². The van der Waals surface area contributed by atoms with Gasteiger partial charge < -0.3 is 14.0 Å². The average molecular weight is 880 g/mol. The molecule has 0 aliphatic heterocycles. The van der Waals surface area contributed by atoms with E-state index in [4.69, 9.17) is 0 Å². The van der Waals surface area contributed by atoms with Gasteiger partial charge in [0.15, 0.2) is 0 Å². The number of hydrogen-bond acceptors (Lipinski definition) is 1. The van der Waals surface area contributed by atoms with E-state index >= 15 is 0 Å². The molecule has 0 unspecified atom stereocenters. The second kappa shape index (κ2) is 16.9. The summed E-state index contributed by atoms with van der Waals surface area (Å²) in [4.78, 5) is 2.38. The first-order valence-electron chi connectivity index (χ1n) is 23.7. The molecule has 0 saturated carbocycles. The Morgan fingerprint density at radius 1 is 0.217 bits per heavy atom. The molecule has 13 rings (SSSR count). The fourth-order valence-electron chi connectivity index (χ4n) is 10.5. The van der Waals surface area contributed by atoms with E-state index < -0.39 is 0 Å². The molecular formula is C66H45N3. The topological polar surface area (TPSA) is 13.1 Å². The molecule has 0 aliphatic rings. The molecule has 0 fully saturated rings. The molecular weight excluding hydrogens is 835 g/mol. The molecule has 0 aliphatic carbocycles. The Kier molecular flexibility index (Phi) is 9.84. The Hall–Kier alpha value is -9.18. The summed E-state index contributed by atoms with van der Waals surface area (Å²) in [6.45, 7) is 0. The van der Waals surface area contributed by atoms with E-state index in [-0.39, 0.29) is 0 Å². The van der Waals surface area contributed by atoms with Gasteiger partial charge in [-0.3, -0.25) is 0 Å². The van der Waals surface area contributed by atoms with Crippen LogP contribution in [-0.4, -0.2) is 9.13 Å². The van der Waals surface area contributed by atoms with Crippen molar-refractivity contribution < 1.29 is 0 Å². The van der Waals surface area contributed by atoms with E-state index in [1.165, 1.54) is 71.4 Å². The number of rotatable bonds is 9. The number of fused-ring (bicyclic) bond motifs is 6. The zero-order valence-corrected chi connectivity index (χ0v) is 37.8. The SMILES string of the molecule is c1ccc(-c2ccc(-c3cccc(N(c4ccc(-c5ccccc5-n5c6ccccc6c6ccccc65)cc4)c4ccc(-c5ccccc5-n5c6ccccc6c6ccccc65)cc4)c3)cc2)cc1. The lowest BCUT2D eigenvalue weighted by Gasteiger charge is -2.27. The van der Waals surface area contributed by atoms with Crippen LogP contribution >= 0.6 is 0 Å². The first kappa shape index (κ1) is 40.1. The molecule has 2 aromatic heterocycles. The van der Waals surface area contributed by atoms with Gasteiger partial charge in [-0.1, -0.05) is 200 Å². The van der Waals surface area contributed by atoms with Crippen molar-refractivity contribution in [2.45, 2.75) is 0 Å². The number of benzene rings is 11. The fraction of sp³-hybridized carbons (Fsp3) is 0. The number of nitrogens with zero attached hydrogens (tertiary/aromatic N) is 3. The lowest BCUT2D eigenvalue weighted by molar-refractivity contribution is 1.18. The van der Waals surface area contributed by atoms with Gasteiger partial charge >= 0.3 is 0 Å². The van der Waals surface area contributed by atoms with Crippen molar-refractivity contribution in [2.24, 2.45) is 0 Å². The minimum Gasteiger partial charge on any atom is -0.310 e. The van der Waals surface area contributed by atoms with Crippen LogP contribution in [0.15, 0.2) is 273 Å². The van der Waals surface area contributed by atoms with Crippen LogP contribution in [0.25, 0.3) is 99.5 Å². The van der Waals surface area contributed by atoms with E-state index in [9.17, 15) is 0 Å². The van der Waals surface area contributed by atoms with Crippen LogP contribution in [0.4, 0.5) is 17.1 Å². The standard InChI is InChI=1S/C66H45N3/c1-2-17-46(18-3-1)47-33-35-48(36-34-47)51-19-16-20-54(45-51)67(52-41-37-49(38-42-52)55-21-4-10-27-61(55)68-63-29-12-6-23-57(63)58-24-7-13-30-64(58)68)53-43-39-50(40-44-53)56-22-5-11-28-62(56)69-65-31-14-8-25-59(65)60-26-9-15-32-66(60)69/h1-45H. The van der Waals surface area contributed by atoms with Gasteiger partial charge in [-0.2, -0.15) is 0 Å². The third-order valence-electron chi connectivity index (χ3n) is 13.8. The fourth-order valence-corrected chi connectivity index (χ4v) is 10.5. The van der Waals surface area contributed by atoms with E-state index in [1.807, 2.05) is 0 Å². The number of anilines is 3. The van der Waals surface area contributed by atoms with Gasteiger partial charge in [-0.05, 0) is 106 Å². The smallest absolute Gasteiger partial charge is 0.0541 e. The predicted octanol–water partition coefficient (Wildman–Crippen LogP) is 18.0. The minimum absolute atomic E-state index is 1.07. The summed E-state index contributed by atoms with van der Waals surface area (Å²) >= 11 is 0. The van der Waals surface area contributed by atoms with Gasteiger partial charge in [0.2, 0.25) is 0 Å². The van der Waals surface area contributed by atoms with Crippen molar-refractivity contribution in [3.8, 4) is 55.9 Å². The van der Waals surface area contributed by atoms with E-state index in [0.717, 1.165) is 45.1 Å². The van der Waals surface area contributed by atoms with Crippen molar-refractivity contribution in [2.75, 3.05) is 4.90 Å². The zero-order chi connectivity index (χ0) is 45.7. The van der Waals surface area contributed by atoms with Crippen molar-refractivity contribution in [3.63, 3.8) is 0 Å². The molecule has 11 aromatic carbocycles. The Morgan fingerprint density at radius 2 is 0.551 bits per heavy atom. The van der Waals surface area contributed by atoms with Crippen LogP contribution in [0.5, 0.6) is 0 Å². The number of para-hydroxylation sites is 6. The summed E-state index contributed by atoms with van der Waals surface area (Å²) in [6.07, 6.45) is 0. The van der Waals surface area contributed by atoms with Crippen LogP contribution in [0, 0.1) is 0 Å². The molecule has 13 aromatic rings. The molecule has 0 radical (unpaired) electrons. The third kappa shape index (κ3) is 6.99. The molecule has 0 spiro atoms. The van der Waals surface area contributed by atoms with E-state index in [0.29, 0.717) is 0 Å². The predicted molar refractivity (Wildman–Crippen MR) is 292 cm³/mol. The van der Waals surface area contributed by atoms with Crippen LogP contribution in [0.2, 0.25) is 0 Å². The molecule has 0 bridgehead atoms. The number of hydrogen-bond donors (Lipinski definition) is 0. The van der Waals surface area contributed by atoms with Crippen LogP contribution in [0.1, 0.15) is 0 Å². The maximum absolute atomic E-state index is 2.42. The van der Waals surface area contributed by atoms with Crippen molar-refractivity contribution >= 4 is 60.7 Å². The molecule has 324 valence electrons. The number of aromatic nitrogens is 2. The maximum atomic E-state index is 2.42. The normalized spacial score (nSPS) is 11.5. The molecule has 0 amide bonds. The van der Waals surface area contributed by atoms with Crippen LogP contribution in [0.3, 0.4) is 0 Å². The van der Waals surface area contributed by atoms with E-state index in [1.54, 1.807) is 0 Å². The Balaban J connectivity index is 0.915. The van der Waals surface area contributed by atoms with Crippen molar-refractivity contribution in [3.05, 3.63) is 273 Å². The average Bonchev–Trinajstić information content (AvgIpc) is 3.95. The zero-order valence-electron chi connectivity index (χ0n) is 37.8. The van der Waals surface area contributed by atoms with Gasteiger partial charge in [0.05, 0.1) is 33.4 Å². The van der Waals surface area contributed by atoms with Crippen LogP contribution < -0.4 is 4.90 Å². The first-order valence-corrected chi connectivity index (χ1v) is 23.7. The molecule has 3 nitrogen and oxygen atoms in total. The summed E-state index contributed by atoms with van der Waals surface area (Å²) < 4.78 is 4.83. The molecule has 0 saturated heterocycles. The Bertz CT molecular complexity index is 3680. The second-order valence-electron chi connectivity index (χ2n) is 17.7. The monoisotopic (exact) mass is 879 g/mol. The quantitative estimate of drug-likeness (QED) is 0.141. The highest BCUT2D eigenvalue weighted by atomic mass is 15.1. The molecule has 2 heterocycles. The van der Waals surface area contributed by atoms with Crippen LogP contribution in [-0.2, 0) is 0 Å². The Morgan fingerprint density at radius 3 is 1.00 bits per heavy atom. The minimum atomic E-state index is 1.07. The van der Waals surface area contributed by atoms with Gasteiger partial charge in [-0.15, -0.1) is 0 Å². The van der Waals surface area contributed by atoms with Gasteiger partial charge in [-0.25, -0.2) is 0 Å². The van der Waals surface area contributed by atoms with Crippen molar-refractivity contribution in [1.82, 2.24) is 9.13 Å². The van der Waals surface area contributed by atoms with Gasteiger partial charge in [0.25, 0.3) is 0 Å². The third-order valence-corrected chi connectivity index (χ3v) is 13.8. The highest BCUT2D eigenvalue weighted by Gasteiger charge is 2.19. The highest BCUT2D eigenvalue weighted by molar-refractivity contribution is 6.11. The second-order valence-corrected chi connectivity index (χ2v) is 17.7. The summed E-state index contributed by atoms with van der Waals surface area (Å²) in [7, 11) is 0. The maximum Gasteiger partial charge on any atom is 0.0541 e. The molecule has 0 atom stereocenters. The molecule has 69 heavy (non-hydrogen) atoms. The highest BCUT2D eigenvalue weighted by Crippen LogP contribution is 2.42. The largest absolute Gasteiger partial charge is 0.310 e. The lowest BCUT2D eigenvalue weighted by atomic mass is 9.99. The summed E-state index contributed by atoms with van der Waals surface area (Å²) in [5.41, 5.74) is 19.7. The lowest BCUT2D eigenvalue weighted by Crippen LogP contribution is -2.10. The summed E-state index contributed by atoms with van der Waals surface area (Å²) in [6, 6.07) is 99.0. The summed E-state index contributed by atoms with van der Waals surface area (Å²) in [5.74, 6) is 0. The molecule has 3 heteroatoms. The van der Waals surface area contributed by atoms with E-state index in [2.05, 4.69) is 287 Å². The van der Waals surface area contributed by atoms with Crippen molar-refractivity contribution in [1.29, 1.82) is 0 Å².